The maximum Gasteiger partial charge on any atom is 0.410 e. The molecule has 1 aliphatic heterocycles. The first kappa shape index (κ1) is 17.2. The van der Waals surface area contributed by atoms with Crippen LogP contribution in [0.25, 0.3) is 0 Å². The van der Waals surface area contributed by atoms with E-state index in [9.17, 15) is 13.2 Å². The van der Waals surface area contributed by atoms with Gasteiger partial charge in [0.05, 0.1) is 18.9 Å². The summed E-state index contributed by atoms with van der Waals surface area (Å²) in [5.74, 6) is 0. The van der Waals surface area contributed by atoms with E-state index in [1.54, 1.807) is 4.90 Å². The zero-order valence-corrected chi connectivity index (χ0v) is 13.7. The lowest BCUT2D eigenvalue weighted by atomic mass is 10.1. The number of nitrogens with zero attached hydrogens (tertiary/aromatic N) is 1. The highest BCUT2D eigenvalue weighted by Crippen LogP contribution is 2.28. The van der Waals surface area contributed by atoms with Gasteiger partial charge in [-0.3, -0.25) is 9.08 Å². The van der Waals surface area contributed by atoms with Crippen LogP contribution in [-0.2, 0) is 19.0 Å². The maximum absolute atomic E-state index is 12.3. The van der Waals surface area contributed by atoms with E-state index < -0.39 is 21.8 Å². The molecule has 0 spiro atoms. The van der Waals surface area contributed by atoms with Crippen molar-refractivity contribution in [1.29, 1.82) is 0 Å². The third-order valence-corrected chi connectivity index (χ3v) is 3.73. The van der Waals surface area contributed by atoms with Gasteiger partial charge in [0, 0.05) is 6.04 Å². The normalized spacial score (nSPS) is 23.9. The molecule has 7 heteroatoms. The second kappa shape index (κ2) is 6.30. The third kappa shape index (κ3) is 5.28. The van der Waals surface area contributed by atoms with Gasteiger partial charge in [0.15, 0.2) is 0 Å². The van der Waals surface area contributed by atoms with E-state index in [0.29, 0.717) is 0 Å². The highest BCUT2D eigenvalue weighted by Gasteiger charge is 2.38. The molecule has 6 nitrogen and oxygen atoms in total. The van der Waals surface area contributed by atoms with Crippen molar-refractivity contribution in [2.75, 3.05) is 12.9 Å². The molecule has 0 aromatic heterocycles. The van der Waals surface area contributed by atoms with E-state index in [2.05, 4.69) is 0 Å². The van der Waals surface area contributed by atoms with Crippen molar-refractivity contribution in [3.05, 3.63) is 0 Å². The monoisotopic (exact) mass is 307 g/mol. The summed E-state index contributed by atoms with van der Waals surface area (Å²) in [5.41, 5.74) is -0.569. The zero-order chi connectivity index (χ0) is 15.6. The van der Waals surface area contributed by atoms with Crippen LogP contribution < -0.4 is 0 Å². The Labute approximate surface area is 121 Å². The van der Waals surface area contributed by atoms with Gasteiger partial charge in [-0.2, -0.15) is 8.42 Å². The molecular weight excluding hydrogens is 282 g/mol. The van der Waals surface area contributed by atoms with E-state index in [4.69, 9.17) is 8.92 Å². The van der Waals surface area contributed by atoms with Crippen molar-refractivity contribution in [2.45, 2.75) is 64.6 Å². The summed E-state index contributed by atoms with van der Waals surface area (Å²) in [4.78, 5) is 13.9. The Morgan fingerprint density at radius 3 is 2.25 bits per heavy atom. The lowest BCUT2D eigenvalue weighted by Crippen LogP contribution is -2.45. The van der Waals surface area contributed by atoms with Crippen molar-refractivity contribution in [1.82, 2.24) is 4.90 Å². The van der Waals surface area contributed by atoms with Gasteiger partial charge in [-0.05, 0) is 40.0 Å². The summed E-state index contributed by atoms with van der Waals surface area (Å²) in [6.07, 6.45) is 3.00. The molecule has 0 aromatic carbocycles. The summed E-state index contributed by atoms with van der Waals surface area (Å²) >= 11 is 0. The standard InChI is InChI=1S/C13H25NO5S/c1-6-10-7-8-11(9-18-20(5,16)17)14(10)12(15)19-13(2,3)4/h10-11H,6-9H2,1-5H3/t10-,11-/m0/s1. The highest BCUT2D eigenvalue weighted by atomic mass is 32.2. The van der Waals surface area contributed by atoms with E-state index >= 15 is 0 Å². The number of rotatable bonds is 4. The molecule has 1 amide bonds. The fourth-order valence-electron chi connectivity index (χ4n) is 2.34. The van der Waals surface area contributed by atoms with Crippen molar-refractivity contribution in [3.8, 4) is 0 Å². The molecule has 1 heterocycles. The van der Waals surface area contributed by atoms with Gasteiger partial charge >= 0.3 is 6.09 Å². The summed E-state index contributed by atoms with van der Waals surface area (Å²) in [7, 11) is -3.50. The first-order chi connectivity index (χ1) is 9.03. The van der Waals surface area contributed by atoms with Crippen LogP contribution in [-0.4, -0.2) is 50.0 Å². The number of hydrogen-bond acceptors (Lipinski definition) is 5. The Kier molecular flexibility index (Phi) is 5.43. The van der Waals surface area contributed by atoms with Gasteiger partial charge in [0.25, 0.3) is 10.1 Å². The average molecular weight is 307 g/mol. The summed E-state index contributed by atoms with van der Waals surface area (Å²) in [6, 6.07) is -0.164. The fraction of sp³-hybridized carbons (Fsp3) is 0.923. The molecule has 0 bridgehead atoms. The van der Waals surface area contributed by atoms with Crippen LogP contribution in [0.15, 0.2) is 0 Å². The maximum atomic E-state index is 12.3. The topological polar surface area (TPSA) is 72.9 Å². The number of ether oxygens (including phenoxy) is 1. The van der Waals surface area contributed by atoms with Gasteiger partial charge in [0.2, 0.25) is 0 Å². The van der Waals surface area contributed by atoms with E-state index in [-0.39, 0.29) is 18.7 Å². The fourth-order valence-corrected chi connectivity index (χ4v) is 2.74. The second-order valence-corrected chi connectivity index (χ2v) is 7.81. The van der Waals surface area contributed by atoms with Crippen molar-refractivity contribution in [2.24, 2.45) is 0 Å². The Morgan fingerprint density at radius 1 is 1.25 bits per heavy atom. The van der Waals surface area contributed by atoms with Crippen LogP contribution in [0, 0.1) is 0 Å². The molecule has 1 aliphatic rings. The Balaban J connectivity index is 2.76. The van der Waals surface area contributed by atoms with Crippen LogP contribution in [0.3, 0.4) is 0 Å². The van der Waals surface area contributed by atoms with E-state index in [1.165, 1.54) is 0 Å². The molecule has 118 valence electrons. The lowest BCUT2D eigenvalue weighted by Gasteiger charge is -2.32. The van der Waals surface area contributed by atoms with Crippen LogP contribution in [0.4, 0.5) is 4.79 Å². The SMILES string of the molecule is CC[C@H]1CC[C@@H](COS(C)(=O)=O)N1C(=O)OC(C)(C)C. The van der Waals surface area contributed by atoms with E-state index in [1.807, 2.05) is 27.7 Å². The molecule has 2 atom stereocenters. The van der Waals surface area contributed by atoms with Gasteiger partial charge in [0.1, 0.15) is 5.60 Å². The first-order valence-electron chi connectivity index (χ1n) is 6.89. The molecule has 0 radical (unpaired) electrons. The van der Waals surface area contributed by atoms with E-state index in [0.717, 1.165) is 25.5 Å². The van der Waals surface area contributed by atoms with Crippen LogP contribution >= 0.6 is 0 Å². The molecule has 0 aliphatic carbocycles. The molecule has 20 heavy (non-hydrogen) atoms. The zero-order valence-electron chi connectivity index (χ0n) is 12.9. The molecule has 0 saturated carbocycles. The van der Waals surface area contributed by atoms with Crippen LogP contribution in [0.1, 0.15) is 47.0 Å². The van der Waals surface area contributed by atoms with Gasteiger partial charge in [-0.25, -0.2) is 4.79 Å². The molecule has 1 fully saturated rings. The van der Waals surface area contributed by atoms with Gasteiger partial charge < -0.3 is 4.74 Å². The van der Waals surface area contributed by atoms with Crippen molar-refractivity contribution < 1.29 is 22.1 Å². The van der Waals surface area contributed by atoms with Crippen molar-refractivity contribution >= 4 is 16.2 Å². The Bertz CT molecular complexity index is 440. The number of hydrogen-bond donors (Lipinski definition) is 0. The first-order valence-corrected chi connectivity index (χ1v) is 8.71. The Hall–Kier alpha value is -0.820. The summed E-state index contributed by atoms with van der Waals surface area (Å²) in [6.45, 7) is 7.42. The number of likely N-dealkylation sites (tertiary alicyclic amines) is 1. The smallest absolute Gasteiger partial charge is 0.410 e. The number of carbonyl (C=O) groups excluding carboxylic acids is 1. The predicted molar refractivity (Wildman–Crippen MR) is 76.0 cm³/mol. The predicted octanol–water partition coefficient (Wildman–Crippen LogP) is 2.14. The number of carbonyl (C=O) groups is 1. The molecule has 0 aromatic rings. The largest absolute Gasteiger partial charge is 0.444 e. The minimum atomic E-state index is -3.50. The molecule has 0 unspecified atom stereocenters. The number of amides is 1. The lowest BCUT2D eigenvalue weighted by molar-refractivity contribution is 0.0101. The minimum Gasteiger partial charge on any atom is -0.444 e. The third-order valence-electron chi connectivity index (χ3n) is 3.17. The molecule has 0 N–H and O–H groups in total. The molecule has 1 saturated heterocycles. The minimum absolute atomic E-state index is 0.00538. The quantitative estimate of drug-likeness (QED) is 0.744. The summed E-state index contributed by atoms with van der Waals surface area (Å²) < 4.78 is 32.4. The molecule has 1 rings (SSSR count). The van der Waals surface area contributed by atoms with Crippen LogP contribution in [0.5, 0.6) is 0 Å². The highest BCUT2D eigenvalue weighted by molar-refractivity contribution is 7.85. The van der Waals surface area contributed by atoms with Gasteiger partial charge in [-0.1, -0.05) is 6.92 Å². The average Bonchev–Trinajstić information content (AvgIpc) is 2.65. The van der Waals surface area contributed by atoms with Crippen LogP contribution in [0.2, 0.25) is 0 Å². The van der Waals surface area contributed by atoms with Gasteiger partial charge in [-0.15, -0.1) is 0 Å². The molecular formula is C13H25NO5S. The Morgan fingerprint density at radius 2 is 1.80 bits per heavy atom. The van der Waals surface area contributed by atoms with Crippen molar-refractivity contribution in [3.63, 3.8) is 0 Å². The summed E-state index contributed by atoms with van der Waals surface area (Å²) in [5, 5.41) is 0. The second-order valence-electron chi connectivity index (χ2n) is 6.17.